The predicted octanol–water partition coefficient (Wildman–Crippen LogP) is 7.80. The Hall–Kier alpha value is -1.84. The summed E-state index contributed by atoms with van der Waals surface area (Å²) in [5.41, 5.74) is 3.00. The Labute approximate surface area is 186 Å². The number of aliphatic hydroxyl groups excluding tert-OH is 1. The SMILES string of the molecule is CCc1ccc(-c2ccc(Cl)c(Cl)c2F)cc1C1=C(O)CC2CCC(CC2)CC1=O. The van der Waals surface area contributed by atoms with Crippen LogP contribution in [0.5, 0.6) is 0 Å². The van der Waals surface area contributed by atoms with Gasteiger partial charge in [0.2, 0.25) is 0 Å². The molecule has 1 fully saturated rings. The zero-order valence-corrected chi connectivity index (χ0v) is 18.5. The van der Waals surface area contributed by atoms with Crippen LogP contribution in [0.15, 0.2) is 36.1 Å². The molecule has 5 heteroatoms. The van der Waals surface area contributed by atoms with Gasteiger partial charge < -0.3 is 5.11 Å². The number of allylic oxidation sites excluding steroid dienone is 2. The van der Waals surface area contributed by atoms with Crippen LogP contribution in [0.3, 0.4) is 0 Å². The van der Waals surface area contributed by atoms with Crippen molar-refractivity contribution in [2.45, 2.75) is 51.9 Å². The van der Waals surface area contributed by atoms with Gasteiger partial charge in [0.05, 0.1) is 15.6 Å². The van der Waals surface area contributed by atoms with E-state index in [0.717, 1.165) is 31.2 Å². The molecule has 0 unspecified atom stereocenters. The first-order chi connectivity index (χ1) is 14.4. The molecule has 30 heavy (non-hydrogen) atoms. The van der Waals surface area contributed by atoms with Crippen LogP contribution in [0.2, 0.25) is 10.0 Å². The third-order valence-electron chi connectivity index (χ3n) is 6.60. The zero-order valence-electron chi connectivity index (χ0n) is 17.0. The number of rotatable bonds is 3. The summed E-state index contributed by atoms with van der Waals surface area (Å²) < 4.78 is 14.8. The summed E-state index contributed by atoms with van der Waals surface area (Å²) in [6.45, 7) is 2.01. The van der Waals surface area contributed by atoms with Gasteiger partial charge in [-0.15, -0.1) is 0 Å². The Morgan fingerprint density at radius 3 is 2.33 bits per heavy atom. The van der Waals surface area contributed by atoms with Gasteiger partial charge in [0.25, 0.3) is 0 Å². The van der Waals surface area contributed by atoms with Crippen LogP contribution < -0.4 is 0 Å². The van der Waals surface area contributed by atoms with Crippen molar-refractivity contribution in [3.05, 3.63) is 63.1 Å². The minimum absolute atomic E-state index is 0.0125. The Bertz CT molecular complexity index is 1020. The molecule has 158 valence electrons. The summed E-state index contributed by atoms with van der Waals surface area (Å²) in [4.78, 5) is 13.3. The summed E-state index contributed by atoms with van der Waals surface area (Å²) in [6, 6.07) is 8.70. The van der Waals surface area contributed by atoms with Gasteiger partial charge >= 0.3 is 0 Å². The summed E-state index contributed by atoms with van der Waals surface area (Å²) in [5, 5.41) is 11.0. The molecular formula is C25H25Cl2FO2. The standard InChI is InChI=1S/C25H25Cl2FO2/c1-2-16-7-8-17(18-9-10-20(26)24(27)25(18)28)13-19(16)23-21(29)11-14-3-4-15(6-5-14)12-22(23)30/h7-10,13-15,29H,2-6,11-12H2,1H3. The number of halogens is 3. The molecule has 0 saturated heterocycles. The Balaban J connectivity index is 1.86. The van der Waals surface area contributed by atoms with Gasteiger partial charge in [-0.05, 0) is 78.8 Å². The lowest BCUT2D eigenvalue weighted by Crippen LogP contribution is -2.15. The third-order valence-corrected chi connectivity index (χ3v) is 7.38. The van der Waals surface area contributed by atoms with E-state index in [0.29, 0.717) is 53.4 Å². The lowest BCUT2D eigenvalue weighted by atomic mass is 9.79. The normalized spacial score (nSPS) is 22.1. The zero-order chi connectivity index (χ0) is 21.4. The van der Waals surface area contributed by atoms with Crippen molar-refractivity contribution in [3.63, 3.8) is 0 Å². The molecule has 2 nitrogen and oxygen atoms in total. The number of carbonyl (C=O) groups excluding carboxylic acids is 1. The van der Waals surface area contributed by atoms with Crippen molar-refractivity contribution in [1.29, 1.82) is 0 Å². The molecule has 3 aliphatic carbocycles. The van der Waals surface area contributed by atoms with E-state index in [1.807, 2.05) is 25.1 Å². The third kappa shape index (κ3) is 4.02. The molecule has 0 spiro atoms. The number of fused-ring (bicyclic) bond motifs is 5. The Morgan fingerprint density at radius 2 is 1.67 bits per heavy atom. The van der Waals surface area contributed by atoms with Gasteiger partial charge in [0.1, 0.15) is 5.76 Å². The molecule has 0 aromatic heterocycles. The molecule has 2 bridgehead atoms. The number of Topliss-reactive ketones (excluding diaryl/α,β-unsaturated/α-hetero) is 1. The second-order valence-corrected chi connectivity index (χ2v) is 9.27. The molecular weight excluding hydrogens is 422 g/mol. The van der Waals surface area contributed by atoms with Crippen molar-refractivity contribution < 1.29 is 14.3 Å². The van der Waals surface area contributed by atoms with Crippen molar-refractivity contribution >= 4 is 34.6 Å². The summed E-state index contributed by atoms with van der Waals surface area (Å²) in [5.74, 6) is 0.380. The lowest BCUT2D eigenvalue weighted by molar-refractivity contribution is -0.114. The first kappa shape index (κ1) is 21.4. The molecule has 1 N–H and O–H groups in total. The van der Waals surface area contributed by atoms with Gasteiger partial charge in [-0.25, -0.2) is 4.39 Å². The maximum atomic E-state index is 14.8. The van der Waals surface area contributed by atoms with Crippen molar-refractivity contribution in [2.75, 3.05) is 0 Å². The van der Waals surface area contributed by atoms with Crippen LogP contribution in [0.25, 0.3) is 16.7 Å². The monoisotopic (exact) mass is 446 g/mol. The topological polar surface area (TPSA) is 37.3 Å². The van der Waals surface area contributed by atoms with E-state index in [1.165, 1.54) is 0 Å². The minimum atomic E-state index is -0.587. The van der Waals surface area contributed by atoms with Crippen LogP contribution in [0.1, 0.15) is 56.6 Å². The average molecular weight is 447 g/mol. The van der Waals surface area contributed by atoms with Crippen LogP contribution in [-0.4, -0.2) is 10.9 Å². The Kier molecular flexibility index (Phi) is 6.22. The quantitative estimate of drug-likeness (QED) is 0.488. The van der Waals surface area contributed by atoms with Crippen molar-refractivity contribution in [2.24, 2.45) is 11.8 Å². The molecule has 1 saturated carbocycles. The molecule has 2 aromatic rings. The molecule has 5 rings (SSSR count). The van der Waals surface area contributed by atoms with E-state index in [-0.39, 0.29) is 21.6 Å². The summed E-state index contributed by atoms with van der Waals surface area (Å²) >= 11 is 12.0. The van der Waals surface area contributed by atoms with E-state index in [1.54, 1.807) is 12.1 Å². The Morgan fingerprint density at radius 1 is 1.00 bits per heavy atom. The fraction of sp³-hybridized carbons (Fsp3) is 0.400. The second-order valence-electron chi connectivity index (χ2n) is 8.49. The molecule has 2 aromatic carbocycles. The number of hydrogen-bond donors (Lipinski definition) is 1. The van der Waals surface area contributed by atoms with Gasteiger partial charge in [-0.1, -0.05) is 42.3 Å². The highest BCUT2D eigenvalue weighted by molar-refractivity contribution is 6.42. The van der Waals surface area contributed by atoms with Gasteiger partial charge in [-0.3, -0.25) is 4.79 Å². The lowest BCUT2D eigenvalue weighted by Gasteiger charge is -2.26. The maximum Gasteiger partial charge on any atom is 0.167 e. The summed E-state index contributed by atoms with van der Waals surface area (Å²) in [7, 11) is 0. The highest BCUT2D eigenvalue weighted by atomic mass is 35.5. The van der Waals surface area contributed by atoms with Gasteiger partial charge in [0.15, 0.2) is 11.6 Å². The summed E-state index contributed by atoms with van der Waals surface area (Å²) in [6.07, 6.45) is 5.91. The highest BCUT2D eigenvalue weighted by Crippen LogP contribution is 2.41. The number of hydrogen-bond acceptors (Lipinski definition) is 2. The minimum Gasteiger partial charge on any atom is -0.512 e. The van der Waals surface area contributed by atoms with Crippen molar-refractivity contribution in [1.82, 2.24) is 0 Å². The predicted molar refractivity (Wildman–Crippen MR) is 120 cm³/mol. The number of aliphatic hydroxyl groups is 1. The van der Waals surface area contributed by atoms with E-state index < -0.39 is 5.82 Å². The molecule has 0 aliphatic heterocycles. The number of benzene rings is 2. The fourth-order valence-corrected chi connectivity index (χ4v) is 5.19. The highest BCUT2D eigenvalue weighted by Gasteiger charge is 2.31. The average Bonchev–Trinajstić information content (AvgIpc) is 2.82. The van der Waals surface area contributed by atoms with E-state index in [4.69, 9.17) is 23.2 Å². The number of ketones is 1. The molecule has 0 radical (unpaired) electrons. The van der Waals surface area contributed by atoms with Crippen LogP contribution in [0, 0.1) is 17.7 Å². The van der Waals surface area contributed by atoms with Gasteiger partial charge in [-0.2, -0.15) is 0 Å². The maximum absolute atomic E-state index is 14.8. The van der Waals surface area contributed by atoms with Crippen LogP contribution in [0.4, 0.5) is 4.39 Å². The largest absolute Gasteiger partial charge is 0.512 e. The van der Waals surface area contributed by atoms with Crippen LogP contribution >= 0.6 is 23.2 Å². The first-order valence-electron chi connectivity index (χ1n) is 10.6. The van der Waals surface area contributed by atoms with Crippen LogP contribution in [-0.2, 0) is 11.2 Å². The number of carbonyl (C=O) groups is 1. The molecule has 0 atom stereocenters. The van der Waals surface area contributed by atoms with E-state index in [2.05, 4.69) is 0 Å². The second kappa shape index (κ2) is 8.72. The van der Waals surface area contributed by atoms with E-state index in [9.17, 15) is 14.3 Å². The number of aryl methyl sites for hydroxylation is 1. The molecule has 0 heterocycles. The van der Waals surface area contributed by atoms with Gasteiger partial charge in [0, 0.05) is 18.4 Å². The first-order valence-corrected chi connectivity index (χ1v) is 11.4. The molecule has 0 amide bonds. The molecule has 3 aliphatic rings. The van der Waals surface area contributed by atoms with Crippen molar-refractivity contribution in [3.8, 4) is 11.1 Å². The van der Waals surface area contributed by atoms with E-state index >= 15 is 0 Å². The fourth-order valence-electron chi connectivity index (χ4n) is 4.88. The smallest absolute Gasteiger partial charge is 0.167 e.